The number of aromatic carboxylic acids is 1. The van der Waals surface area contributed by atoms with Gasteiger partial charge >= 0.3 is 63.5 Å². The van der Waals surface area contributed by atoms with Gasteiger partial charge in [0.25, 0.3) is 0 Å². The van der Waals surface area contributed by atoms with Crippen molar-refractivity contribution in [2.75, 3.05) is 0 Å². The van der Waals surface area contributed by atoms with Crippen molar-refractivity contribution in [3.63, 3.8) is 0 Å². The number of halogens is 4. The van der Waals surface area contributed by atoms with Crippen LogP contribution in [0.1, 0.15) is 56.4 Å². The minimum absolute atomic E-state index is 0. The molecule has 1 aromatic carbocycles. The summed E-state index contributed by atoms with van der Waals surface area (Å²) in [6, 6.07) is 5.63. The van der Waals surface area contributed by atoms with Crippen molar-refractivity contribution in [2.24, 2.45) is 5.92 Å². The number of carboxylic acid groups (broad SMARTS) is 1. The van der Waals surface area contributed by atoms with Gasteiger partial charge in [0.2, 0.25) is 5.13 Å². The van der Waals surface area contributed by atoms with Gasteiger partial charge in [-0.05, 0) is 49.5 Å². The van der Waals surface area contributed by atoms with Gasteiger partial charge in [0.1, 0.15) is 5.82 Å². The number of rotatable bonds is 6. The molecule has 4 rings (SSSR count). The number of benzene rings is 1. The second-order valence-electron chi connectivity index (χ2n) is 8.58. The molecule has 0 aliphatic heterocycles. The molecule has 2 aromatic heterocycles. The van der Waals surface area contributed by atoms with E-state index in [2.05, 4.69) is 10.1 Å². The molecule has 0 saturated carbocycles. The summed E-state index contributed by atoms with van der Waals surface area (Å²) in [5.41, 5.74) is 2.21. The molecule has 0 amide bonds. The van der Waals surface area contributed by atoms with Crippen LogP contribution in [0.4, 0.5) is 17.6 Å². The van der Waals surface area contributed by atoms with Crippen LogP contribution in [0, 0.1) is 18.7 Å². The molecule has 5 nitrogen and oxygen atoms in total. The Balaban J connectivity index is 0.00000241. The Labute approximate surface area is 258 Å². The molecule has 0 saturated heterocycles. The number of aryl methyl sites for hydroxylation is 1. The van der Waals surface area contributed by atoms with Gasteiger partial charge in [-0.1, -0.05) is 43.4 Å². The van der Waals surface area contributed by atoms with Crippen molar-refractivity contribution in [3.05, 3.63) is 53.2 Å². The Morgan fingerprint density at radius 1 is 1.33 bits per heavy atom. The summed E-state index contributed by atoms with van der Waals surface area (Å²) in [6.45, 7) is 5.62. The minimum Gasteiger partial charge on any atom is -1.00 e. The van der Waals surface area contributed by atoms with Gasteiger partial charge in [-0.25, -0.2) is 14.2 Å². The fourth-order valence-electron chi connectivity index (χ4n) is 4.08. The van der Waals surface area contributed by atoms with Crippen molar-refractivity contribution in [1.82, 2.24) is 14.8 Å². The van der Waals surface area contributed by atoms with Crippen molar-refractivity contribution in [1.29, 1.82) is 0 Å². The van der Waals surface area contributed by atoms with E-state index < -0.39 is 23.9 Å². The van der Waals surface area contributed by atoms with E-state index in [1.165, 1.54) is 46.0 Å². The van der Waals surface area contributed by atoms with E-state index >= 15 is 0 Å². The third kappa shape index (κ3) is 6.33. The second-order valence-corrected chi connectivity index (χ2v) is 11.4. The molecular formula is C24H24F4KN3O2S2. The zero-order chi connectivity index (χ0) is 25.5. The molecule has 0 fully saturated rings. The Kier molecular flexibility index (Phi) is 9.67. The van der Waals surface area contributed by atoms with Gasteiger partial charge in [0, 0.05) is 10.8 Å². The molecule has 12 heteroatoms. The third-order valence-corrected chi connectivity index (χ3v) is 7.91. The van der Waals surface area contributed by atoms with Crippen molar-refractivity contribution < 1.29 is 80.3 Å². The van der Waals surface area contributed by atoms with Crippen molar-refractivity contribution in [3.8, 4) is 16.3 Å². The zero-order valence-electron chi connectivity index (χ0n) is 21.2. The van der Waals surface area contributed by atoms with Gasteiger partial charge in [0.15, 0.2) is 5.69 Å². The number of allylic oxidation sites excluding steroid dienone is 2. The maximum atomic E-state index is 13.9. The number of carbonyl (C=O) groups is 1. The standard InChI is InChI=1S/C24H23F4N3O2S2.K.H/c1-12(2)34-22-19(14-7-9-16(10-8-14)24(26,27)28)29-23(35-22)31-20(21(32)33)18(13(3)30-31)15-5-4-6-17(25)11-15;;/h4-7,11-12,16H,8-10H2,1-3H3,(H,32,33);;/q;+1;-1. The number of thiazole rings is 1. The number of hydrogen-bond donors (Lipinski definition) is 1. The van der Waals surface area contributed by atoms with Crippen molar-refractivity contribution >= 4 is 34.6 Å². The largest absolute Gasteiger partial charge is 1.00 e. The topological polar surface area (TPSA) is 68.0 Å². The number of alkyl halides is 3. The number of hydrogen-bond acceptors (Lipinski definition) is 5. The summed E-state index contributed by atoms with van der Waals surface area (Å²) in [5.74, 6) is -3.11. The molecule has 0 bridgehead atoms. The molecule has 1 aliphatic carbocycles. The number of carboxylic acids is 1. The maximum absolute atomic E-state index is 13.9. The van der Waals surface area contributed by atoms with Gasteiger partial charge in [0.05, 0.1) is 21.5 Å². The predicted octanol–water partition coefficient (Wildman–Crippen LogP) is 4.50. The van der Waals surface area contributed by atoms with Gasteiger partial charge in [-0.15, -0.1) is 11.8 Å². The first kappa shape index (κ1) is 29.5. The Morgan fingerprint density at radius 2 is 2.06 bits per heavy atom. The number of nitrogens with zero attached hydrogens (tertiary/aromatic N) is 3. The average Bonchev–Trinajstić information content (AvgIpc) is 3.33. The molecule has 2 heterocycles. The van der Waals surface area contributed by atoms with E-state index in [1.807, 2.05) is 13.8 Å². The molecule has 3 aromatic rings. The quantitative estimate of drug-likeness (QED) is 0.271. The first-order valence-corrected chi connectivity index (χ1v) is 12.7. The molecule has 1 unspecified atom stereocenters. The summed E-state index contributed by atoms with van der Waals surface area (Å²) in [7, 11) is 0. The number of thioether (sulfide) groups is 1. The van der Waals surface area contributed by atoms with E-state index in [1.54, 1.807) is 19.1 Å². The van der Waals surface area contributed by atoms with Gasteiger partial charge in [-0.3, -0.25) is 0 Å². The van der Waals surface area contributed by atoms with Crippen LogP contribution >= 0.6 is 23.1 Å². The van der Waals surface area contributed by atoms with Crippen LogP contribution in [0.3, 0.4) is 0 Å². The van der Waals surface area contributed by atoms with Crippen LogP contribution in [-0.4, -0.2) is 37.3 Å². The van der Waals surface area contributed by atoms with Gasteiger partial charge < -0.3 is 6.53 Å². The summed E-state index contributed by atoms with van der Waals surface area (Å²) < 4.78 is 55.3. The molecule has 36 heavy (non-hydrogen) atoms. The SMILES string of the molecule is Cc1nn(-c2nc(C3=CCC(C(F)(F)F)CC3)c(SC(C)C)s2)c(C(=O)O)c1-c1cccc(F)c1.[H-].[K+]. The summed E-state index contributed by atoms with van der Waals surface area (Å²) in [5, 5.41) is 14.9. The smallest absolute Gasteiger partial charge is 1.00 e. The Morgan fingerprint density at radius 3 is 2.61 bits per heavy atom. The van der Waals surface area contributed by atoms with Gasteiger partial charge in [-0.2, -0.15) is 23.0 Å². The summed E-state index contributed by atoms with van der Waals surface area (Å²) in [6.07, 6.45) is -2.53. The molecule has 1 N–H and O–H groups in total. The van der Waals surface area contributed by atoms with E-state index in [0.29, 0.717) is 22.1 Å². The Hall–Kier alpha value is -1.02. The van der Waals surface area contributed by atoms with E-state index in [4.69, 9.17) is 0 Å². The van der Waals surface area contributed by atoms with Crippen LogP contribution in [0.5, 0.6) is 0 Å². The molecule has 188 valence electrons. The molecule has 0 spiro atoms. The number of aromatic nitrogens is 3. The molecule has 1 aliphatic rings. The third-order valence-electron chi connectivity index (χ3n) is 5.66. The monoisotopic (exact) mass is 565 g/mol. The minimum atomic E-state index is -4.24. The summed E-state index contributed by atoms with van der Waals surface area (Å²) in [4.78, 5) is 17.0. The van der Waals surface area contributed by atoms with Crippen LogP contribution in [0.15, 0.2) is 34.6 Å². The van der Waals surface area contributed by atoms with Crippen LogP contribution < -0.4 is 51.4 Å². The van der Waals surface area contributed by atoms with Crippen LogP contribution in [0.25, 0.3) is 21.8 Å². The maximum Gasteiger partial charge on any atom is 1.00 e. The average molecular weight is 566 g/mol. The van der Waals surface area contributed by atoms with E-state index in [0.717, 1.165) is 9.78 Å². The molecule has 0 radical (unpaired) electrons. The van der Waals surface area contributed by atoms with E-state index in [9.17, 15) is 27.5 Å². The predicted molar refractivity (Wildman–Crippen MR) is 130 cm³/mol. The van der Waals surface area contributed by atoms with Crippen molar-refractivity contribution in [2.45, 2.75) is 55.7 Å². The van der Waals surface area contributed by atoms with Crippen LogP contribution in [-0.2, 0) is 0 Å². The first-order valence-electron chi connectivity index (χ1n) is 11.0. The first-order chi connectivity index (χ1) is 16.5. The summed E-state index contributed by atoms with van der Waals surface area (Å²) >= 11 is 2.76. The molecule has 1 atom stereocenters. The Bertz CT molecular complexity index is 1310. The van der Waals surface area contributed by atoms with Crippen LogP contribution in [0.2, 0.25) is 0 Å². The van der Waals surface area contributed by atoms with E-state index in [-0.39, 0.29) is 88.6 Å². The fraction of sp³-hybridized carbons (Fsp3) is 0.375. The normalized spacial score (nSPS) is 16.1. The zero-order valence-corrected chi connectivity index (χ0v) is 24.9. The fourth-order valence-corrected chi connectivity index (χ4v) is 6.59. The molecular weight excluding hydrogens is 542 g/mol. The second kappa shape index (κ2) is 11.8.